The fourth-order valence-corrected chi connectivity index (χ4v) is 5.05. The Kier molecular flexibility index (Phi) is 3.00. The fraction of sp³-hybridized carbons (Fsp3) is 0.263. The first-order valence-electron chi connectivity index (χ1n) is 7.28. The second-order valence-electron chi connectivity index (χ2n) is 6.49. The highest BCUT2D eigenvalue weighted by molar-refractivity contribution is 9.11. The minimum absolute atomic E-state index is 0.0629. The van der Waals surface area contributed by atoms with Crippen LogP contribution >= 0.6 is 31.9 Å². The van der Waals surface area contributed by atoms with Gasteiger partial charge in [-0.25, -0.2) is 0 Å². The van der Waals surface area contributed by atoms with Crippen LogP contribution in [0.4, 0.5) is 0 Å². The molecule has 1 aromatic rings. The molecule has 3 aliphatic rings. The van der Waals surface area contributed by atoms with Gasteiger partial charge < -0.3 is 0 Å². The van der Waals surface area contributed by atoms with Crippen LogP contribution in [-0.4, -0.2) is 0 Å². The summed E-state index contributed by atoms with van der Waals surface area (Å²) in [5, 5.41) is 0. The molecule has 106 valence electrons. The Morgan fingerprint density at radius 1 is 1.05 bits per heavy atom. The summed E-state index contributed by atoms with van der Waals surface area (Å²) >= 11 is 7.54. The predicted octanol–water partition coefficient (Wildman–Crippen LogP) is 6.14. The fourth-order valence-electron chi connectivity index (χ4n) is 3.80. The average molecular weight is 404 g/mol. The number of hydrogen-bond donors (Lipinski definition) is 0. The Morgan fingerprint density at radius 3 is 2.62 bits per heavy atom. The molecule has 0 N–H and O–H groups in total. The molecule has 0 nitrogen and oxygen atoms in total. The van der Waals surface area contributed by atoms with E-state index in [-0.39, 0.29) is 5.41 Å². The van der Waals surface area contributed by atoms with Crippen molar-refractivity contribution in [2.45, 2.75) is 19.3 Å². The minimum atomic E-state index is 0.0629. The zero-order chi connectivity index (χ0) is 14.8. The standard InChI is InChI=1S/C19H16Br2/c1-19(2)15-10-12(20)7-8-14(15)17-16(19)9-11-5-3-4-6-13(11)18(17)21/h3-11,13H,1-2H3. The van der Waals surface area contributed by atoms with Crippen LogP contribution in [0.1, 0.15) is 25.0 Å². The Balaban J connectivity index is 2.02. The molecule has 0 saturated carbocycles. The number of fused-ring (bicyclic) bond motifs is 4. The van der Waals surface area contributed by atoms with Crippen LogP contribution in [-0.2, 0) is 5.41 Å². The third-order valence-electron chi connectivity index (χ3n) is 4.94. The van der Waals surface area contributed by atoms with Crippen molar-refractivity contribution in [1.82, 2.24) is 0 Å². The van der Waals surface area contributed by atoms with E-state index in [9.17, 15) is 0 Å². The molecule has 21 heavy (non-hydrogen) atoms. The summed E-state index contributed by atoms with van der Waals surface area (Å²) in [5.74, 6) is 0.916. The molecule has 3 aliphatic carbocycles. The first-order valence-corrected chi connectivity index (χ1v) is 8.86. The van der Waals surface area contributed by atoms with Gasteiger partial charge in [-0.1, -0.05) is 82.2 Å². The molecule has 0 saturated heterocycles. The second kappa shape index (κ2) is 4.57. The molecule has 1 aromatic carbocycles. The monoisotopic (exact) mass is 402 g/mol. The molecule has 0 fully saturated rings. The molecule has 4 rings (SSSR count). The third-order valence-corrected chi connectivity index (χ3v) is 6.35. The molecular weight excluding hydrogens is 388 g/mol. The van der Waals surface area contributed by atoms with E-state index in [4.69, 9.17) is 0 Å². The van der Waals surface area contributed by atoms with E-state index in [0.717, 1.165) is 4.47 Å². The average Bonchev–Trinajstić information content (AvgIpc) is 2.68. The van der Waals surface area contributed by atoms with Crippen LogP contribution in [0, 0.1) is 11.8 Å². The van der Waals surface area contributed by atoms with Crippen molar-refractivity contribution in [3.8, 4) is 0 Å². The maximum atomic E-state index is 3.92. The van der Waals surface area contributed by atoms with Gasteiger partial charge in [-0.3, -0.25) is 0 Å². The molecule has 0 aliphatic heterocycles. The van der Waals surface area contributed by atoms with Crippen molar-refractivity contribution < 1.29 is 0 Å². The second-order valence-corrected chi connectivity index (χ2v) is 8.26. The largest absolute Gasteiger partial charge is 0.0767 e. The number of benzene rings is 1. The topological polar surface area (TPSA) is 0 Å². The van der Waals surface area contributed by atoms with E-state index < -0.39 is 0 Å². The SMILES string of the molecule is CC1(C)C2=CC3C=CC=CC3C(Br)=C2c2ccc(Br)cc21. The van der Waals surface area contributed by atoms with Crippen LogP contribution < -0.4 is 0 Å². The summed E-state index contributed by atoms with van der Waals surface area (Å²) in [6, 6.07) is 6.67. The summed E-state index contributed by atoms with van der Waals surface area (Å²) in [6.45, 7) is 4.67. The van der Waals surface area contributed by atoms with Crippen LogP contribution in [0.5, 0.6) is 0 Å². The summed E-state index contributed by atoms with van der Waals surface area (Å²) in [4.78, 5) is 0. The van der Waals surface area contributed by atoms with Crippen LogP contribution in [0.15, 0.2) is 63.1 Å². The quantitative estimate of drug-likeness (QED) is 0.487. The maximum absolute atomic E-state index is 3.92. The summed E-state index contributed by atoms with van der Waals surface area (Å²) in [7, 11) is 0. The smallest absolute Gasteiger partial charge is 0.0191 e. The first-order chi connectivity index (χ1) is 10.00. The van der Waals surface area contributed by atoms with Crippen molar-refractivity contribution in [1.29, 1.82) is 0 Å². The van der Waals surface area contributed by atoms with Crippen molar-refractivity contribution >= 4 is 37.4 Å². The van der Waals surface area contributed by atoms with E-state index in [1.54, 1.807) is 0 Å². The zero-order valence-corrected chi connectivity index (χ0v) is 15.2. The summed E-state index contributed by atoms with van der Waals surface area (Å²) < 4.78 is 2.49. The molecule has 2 atom stereocenters. The van der Waals surface area contributed by atoms with Gasteiger partial charge in [0.25, 0.3) is 0 Å². The highest BCUT2D eigenvalue weighted by Gasteiger charge is 2.43. The van der Waals surface area contributed by atoms with E-state index in [0.29, 0.717) is 11.8 Å². The highest BCUT2D eigenvalue weighted by Crippen LogP contribution is 2.57. The molecular formula is C19H16Br2. The van der Waals surface area contributed by atoms with Crippen molar-refractivity contribution in [3.05, 3.63) is 74.2 Å². The lowest BCUT2D eigenvalue weighted by Crippen LogP contribution is -2.22. The number of halogens is 2. The van der Waals surface area contributed by atoms with Crippen molar-refractivity contribution in [3.63, 3.8) is 0 Å². The Bertz CT molecular complexity index is 760. The van der Waals surface area contributed by atoms with Gasteiger partial charge in [-0.05, 0) is 34.4 Å². The molecule has 0 radical (unpaired) electrons. The summed E-state index contributed by atoms with van der Waals surface area (Å²) in [6.07, 6.45) is 11.4. The van der Waals surface area contributed by atoms with Gasteiger partial charge in [-0.15, -0.1) is 0 Å². The Morgan fingerprint density at radius 2 is 1.81 bits per heavy atom. The lowest BCUT2D eigenvalue weighted by Gasteiger charge is -2.32. The molecule has 0 bridgehead atoms. The Hall–Kier alpha value is -0.860. The van der Waals surface area contributed by atoms with Gasteiger partial charge >= 0.3 is 0 Å². The number of hydrogen-bond acceptors (Lipinski definition) is 0. The maximum Gasteiger partial charge on any atom is 0.0191 e. The lowest BCUT2D eigenvalue weighted by atomic mass is 9.74. The van der Waals surface area contributed by atoms with Crippen molar-refractivity contribution in [2.24, 2.45) is 11.8 Å². The normalized spacial score (nSPS) is 28.1. The molecule has 0 heterocycles. The molecule has 0 spiro atoms. The van der Waals surface area contributed by atoms with Gasteiger partial charge in [0.1, 0.15) is 0 Å². The van der Waals surface area contributed by atoms with E-state index in [1.165, 1.54) is 26.8 Å². The third kappa shape index (κ3) is 1.85. The van der Waals surface area contributed by atoms with Gasteiger partial charge in [0.2, 0.25) is 0 Å². The van der Waals surface area contributed by atoms with Gasteiger partial charge in [-0.2, -0.15) is 0 Å². The predicted molar refractivity (Wildman–Crippen MR) is 96.4 cm³/mol. The van der Waals surface area contributed by atoms with Gasteiger partial charge in [0.05, 0.1) is 0 Å². The van der Waals surface area contributed by atoms with E-state index >= 15 is 0 Å². The minimum Gasteiger partial charge on any atom is -0.0767 e. The van der Waals surface area contributed by atoms with E-state index in [1.807, 2.05) is 0 Å². The Labute approximate surface area is 142 Å². The molecule has 2 unspecified atom stereocenters. The molecule has 0 aromatic heterocycles. The number of allylic oxidation sites excluding steroid dienone is 8. The van der Waals surface area contributed by atoms with Gasteiger partial charge in [0.15, 0.2) is 0 Å². The highest BCUT2D eigenvalue weighted by atomic mass is 79.9. The van der Waals surface area contributed by atoms with Gasteiger partial charge in [0, 0.05) is 26.2 Å². The zero-order valence-electron chi connectivity index (χ0n) is 12.0. The van der Waals surface area contributed by atoms with E-state index in [2.05, 4.69) is 94.3 Å². The molecule has 0 amide bonds. The van der Waals surface area contributed by atoms with Crippen molar-refractivity contribution in [2.75, 3.05) is 0 Å². The lowest BCUT2D eigenvalue weighted by molar-refractivity contribution is 0.607. The first kappa shape index (κ1) is 13.8. The summed E-state index contributed by atoms with van der Waals surface area (Å²) in [5.41, 5.74) is 5.73. The van der Waals surface area contributed by atoms with Crippen LogP contribution in [0.2, 0.25) is 0 Å². The molecule has 2 heteroatoms. The van der Waals surface area contributed by atoms with Crippen LogP contribution in [0.25, 0.3) is 5.57 Å². The van der Waals surface area contributed by atoms with Crippen LogP contribution in [0.3, 0.4) is 0 Å². The number of rotatable bonds is 0.